The van der Waals surface area contributed by atoms with Crippen LogP contribution in [0.4, 0.5) is 0 Å². The maximum absolute atomic E-state index is 12.2. The zero-order valence-corrected chi connectivity index (χ0v) is 21.3. The van der Waals surface area contributed by atoms with Crippen LogP contribution in [0.25, 0.3) is 0 Å². The first-order valence-corrected chi connectivity index (χ1v) is 12.6. The van der Waals surface area contributed by atoms with Crippen LogP contribution in [0.5, 0.6) is 0 Å². The van der Waals surface area contributed by atoms with Crippen molar-refractivity contribution in [2.75, 3.05) is 12.9 Å². The van der Waals surface area contributed by atoms with E-state index in [1.165, 1.54) is 30.1 Å². The monoisotopic (exact) mass is 479 g/mol. The Morgan fingerprint density at radius 3 is 2.45 bits per heavy atom. The van der Waals surface area contributed by atoms with Crippen LogP contribution < -0.4 is 5.32 Å². The molecule has 8 heteroatoms. The van der Waals surface area contributed by atoms with E-state index in [9.17, 15) is 18.0 Å². The van der Waals surface area contributed by atoms with Gasteiger partial charge in [-0.1, -0.05) is 55.4 Å². The van der Waals surface area contributed by atoms with Gasteiger partial charge in [-0.15, -0.1) is 0 Å². The van der Waals surface area contributed by atoms with E-state index >= 15 is 0 Å². The lowest BCUT2D eigenvalue weighted by molar-refractivity contribution is -0.144. The third-order valence-corrected chi connectivity index (χ3v) is 6.35. The highest BCUT2D eigenvalue weighted by atomic mass is 32.2. The number of esters is 1. The van der Waals surface area contributed by atoms with Gasteiger partial charge in [-0.2, -0.15) is 8.42 Å². The molecule has 33 heavy (non-hydrogen) atoms. The molecule has 0 saturated carbocycles. The number of allylic oxidation sites excluding steroid dienone is 9. The first-order valence-electron chi connectivity index (χ1n) is 11.0. The summed E-state index contributed by atoms with van der Waals surface area (Å²) in [6, 6.07) is -1.17. The molecule has 0 bridgehead atoms. The molecule has 1 rings (SSSR count). The lowest BCUT2D eigenvalue weighted by Crippen LogP contribution is -2.42. The molecule has 0 radical (unpaired) electrons. The molecule has 0 heterocycles. The van der Waals surface area contributed by atoms with Crippen molar-refractivity contribution >= 4 is 22.0 Å². The number of ether oxygens (including phenoxy) is 1. The first-order chi connectivity index (χ1) is 15.2. The summed E-state index contributed by atoms with van der Waals surface area (Å²) in [4.78, 5) is 24.0. The average Bonchev–Trinajstić information content (AvgIpc) is 2.68. The van der Waals surface area contributed by atoms with Crippen LogP contribution >= 0.6 is 0 Å². The quantitative estimate of drug-likeness (QED) is 0.207. The second kappa shape index (κ2) is 12.7. The minimum Gasteiger partial charge on any atom is -0.467 e. The molecule has 0 spiro atoms. The molecule has 0 aromatic carbocycles. The third kappa shape index (κ3) is 10.8. The Bertz CT molecular complexity index is 980. The summed E-state index contributed by atoms with van der Waals surface area (Å²) >= 11 is 0. The maximum atomic E-state index is 12.2. The van der Waals surface area contributed by atoms with E-state index in [0.29, 0.717) is 5.57 Å². The van der Waals surface area contributed by atoms with Crippen molar-refractivity contribution in [1.82, 2.24) is 5.32 Å². The van der Waals surface area contributed by atoms with Crippen LogP contribution in [-0.4, -0.2) is 43.8 Å². The van der Waals surface area contributed by atoms with Crippen molar-refractivity contribution in [2.24, 2.45) is 5.41 Å². The maximum Gasteiger partial charge on any atom is 0.328 e. The van der Waals surface area contributed by atoms with Crippen molar-refractivity contribution in [3.05, 3.63) is 58.7 Å². The molecule has 0 fully saturated rings. The van der Waals surface area contributed by atoms with Crippen LogP contribution in [0.15, 0.2) is 58.7 Å². The summed E-state index contributed by atoms with van der Waals surface area (Å²) in [7, 11) is -3.13. The van der Waals surface area contributed by atoms with Crippen molar-refractivity contribution in [3.8, 4) is 0 Å². The standard InChI is InChI=1S/C25H37NO6S/c1-18(12-13-21-20(3)11-8-15-25(21,4)5)9-7-10-19(2)17-23(27)26-22(24(28)32-6)14-16-33(29,30)31/h7,9-10,12-13,17,22H,8,11,14-16H2,1-6H3,(H,26,27)(H,29,30,31)/b10-7+,13-12+,18-9+,19-17+/t22-/m0/s1. The number of carbonyl (C=O) groups excluding carboxylic acids is 2. The molecule has 2 N–H and O–H groups in total. The van der Waals surface area contributed by atoms with Crippen molar-refractivity contribution in [1.29, 1.82) is 0 Å². The van der Waals surface area contributed by atoms with E-state index in [2.05, 4.69) is 43.0 Å². The molecule has 0 aliphatic heterocycles. The van der Waals surface area contributed by atoms with Crippen LogP contribution in [-0.2, 0) is 24.4 Å². The fraction of sp³-hybridized carbons (Fsp3) is 0.520. The summed E-state index contributed by atoms with van der Waals surface area (Å²) in [5.74, 6) is -2.02. The number of hydrogen-bond donors (Lipinski definition) is 2. The number of methoxy groups -OCH3 is 1. The van der Waals surface area contributed by atoms with E-state index in [0.717, 1.165) is 19.1 Å². The number of nitrogens with one attached hydrogen (secondary N) is 1. The molecule has 0 aromatic rings. The van der Waals surface area contributed by atoms with Gasteiger partial charge < -0.3 is 10.1 Å². The summed E-state index contributed by atoms with van der Waals surface area (Å²) in [6.07, 6.45) is 14.4. The van der Waals surface area contributed by atoms with Gasteiger partial charge in [0.1, 0.15) is 6.04 Å². The Labute approximate surface area is 198 Å². The minimum absolute atomic E-state index is 0.186. The topological polar surface area (TPSA) is 110 Å². The number of rotatable bonds is 10. The van der Waals surface area contributed by atoms with Gasteiger partial charge in [0.25, 0.3) is 10.1 Å². The van der Waals surface area contributed by atoms with Gasteiger partial charge >= 0.3 is 5.97 Å². The molecule has 1 atom stereocenters. The predicted molar refractivity (Wildman–Crippen MR) is 131 cm³/mol. The van der Waals surface area contributed by atoms with Gasteiger partial charge in [-0.25, -0.2) is 4.79 Å². The fourth-order valence-electron chi connectivity index (χ4n) is 3.76. The molecule has 184 valence electrons. The van der Waals surface area contributed by atoms with Gasteiger partial charge in [0.2, 0.25) is 5.91 Å². The molecular formula is C25H37NO6S. The van der Waals surface area contributed by atoms with E-state index < -0.39 is 33.8 Å². The fourth-order valence-corrected chi connectivity index (χ4v) is 4.29. The van der Waals surface area contributed by atoms with Crippen LogP contribution in [0.3, 0.4) is 0 Å². The molecule has 1 aliphatic carbocycles. The van der Waals surface area contributed by atoms with Crippen LogP contribution in [0.1, 0.15) is 60.3 Å². The Morgan fingerprint density at radius 1 is 1.21 bits per heavy atom. The second-order valence-electron chi connectivity index (χ2n) is 9.08. The van der Waals surface area contributed by atoms with Crippen molar-refractivity contribution < 1.29 is 27.3 Å². The molecule has 0 unspecified atom stereocenters. The molecule has 1 amide bonds. The predicted octanol–water partition coefficient (Wildman–Crippen LogP) is 4.45. The third-order valence-electron chi connectivity index (χ3n) is 5.60. The summed E-state index contributed by atoms with van der Waals surface area (Å²) < 4.78 is 35.3. The van der Waals surface area contributed by atoms with Gasteiger partial charge in [0.15, 0.2) is 0 Å². The smallest absolute Gasteiger partial charge is 0.328 e. The van der Waals surface area contributed by atoms with E-state index in [1.807, 2.05) is 19.1 Å². The average molecular weight is 480 g/mol. The number of hydrogen-bond acceptors (Lipinski definition) is 5. The van der Waals surface area contributed by atoms with Crippen LogP contribution in [0.2, 0.25) is 0 Å². The van der Waals surface area contributed by atoms with E-state index in [-0.39, 0.29) is 11.8 Å². The minimum atomic E-state index is -4.26. The lowest BCUT2D eigenvalue weighted by atomic mass is 9.72. The molecule has 0 aromatic heterocycles. The van der Waals surface area contributed by atoms with Crippen LogP contribution in [0, 0.1) is 5.41 Å². The highest BCUT2D eigenvalue weighted by molar-refractivity contribution is 7.85. The van der Waals surface area contributed by atoms with E-state index in [1.54, 1.807) is 13.0 Å². The molecule has 0 saturated heterocycles. The summed E-state index contributed by atoms with van der Waals surface area (Å²) in [5, 5.41) is 2.41. The molecule has 7 nitrogen and oxygen atoms in total. The highest BCUT2D eigenvalue weighted by Gasteiger charge is 2.26. The number of carbonyl (C=O) groups is 2. The van der Waals surface area contributed by atoms with Crippen molar-refractivity contribution in [2.45, 2.75) is 66.3 Å². The Hall–Kier alpha value is -2.45. The summed E-state index contributed by atoms with van der Waals surface area (Å²) in [6.45, 7) is 10.5. The Kier molecular flexibility index (Phi) is 11.0. The van der Waals surface area contributed by atoms with Gasteiger partial charge in [0, 0.05) is 6.08 Å². The zero-order chi connectivity index (χ0) is 25.2. The first kappa shape index (κ1) is 28.6. The Morgan fingerprint density at radius 2 is 1.88 bits per heavy atom. The van der Waals surface area contributed by atoms with Gasteiger partial charge in [-0.05, 0) is 63.0 Å². The lowest BCUT2D eigenvalue weighted by Gasteiger charge is -2.32. The highest BCUT2D eigenvalue weighted by Crippen LogP contribution is 2.40. The van der Waals surface area contributed by atoms with Crippen molar-refractivity contribution in [3.63, 3.8) is 0 Å². The van der Waals surface area contributed by atoms with E-state index in [4.69, 9.17) is 4.55 Å². The molecular weight excluding hydrogens is 442 g/mol. The van der Waals surface area contributed by atoms with Gasteiger partial charge in [0.05, 0.1) is 12.9 Å². The SMILES string of the molecule is COC(=O)[C@H](CCS(=O)(=O)O)NC(=O)/C=C(C)/C=C/C=C(C)/C=C/C1=C(C)CCCC1(C)C. The number of amides is 1. The Balaban J connectivity index is 2.77. The summed E-state index contributed by atoms with van der Waals surface area (Å²) in [5.41, 5.74) is 4.74. The second-order valence-corrected chi connectivity index (χ2v) is 10.7. The zero-order valence-electron chi connectivity index (χ0n) is 20.5. The normalized spacial score (nSPS) is 18.6. The van der Waals surface area contributed by atoms with Gasteiger partial charge in [-0.3, -0.25) is 9.35 Å². The molecule has 1 aliphatic rings. The largest absolute Gasteiger partial charge is 0.467 e.